The first-order valence-electron chi connectivity index (χ1n) is 5.13. The largest absolute Gasteiger partial charge is 0.354 e. The van der Waals surface area contributed by atoms with E-state index in [4.69, 9.17) is 11.6 Å². The highest BCUT2D eigenvalue weighted by Crippen LogP contribution is 2.26. The van der Waals surface area contributed by atoms with Gasteiger partial charge < -0.3 is 4.90 Å². The van der Waals surface area contributed by atoms with E-state index in [2.05, 4.69) is 16.9 Å². The molecule has 0 N–H and O–H groups in total. The van der Waals surface area contributed by atoms with Gasteiger partial charge in [0, 0.05) is 13.1 Å². The van der Waals surface area contributed by atoms with Crippen LogP contribution in [0.1, 0.15) is 19.8 Å². The molecule has 1 aliphatic heterocycles. The Labute approximate surface area is 93.3 Å². The van der Waals surface area contributed by atoms with E-state index in [1.54, 1.807) is 0 Å². The Morgan fingerprint density at radius 2 is 2.47 bits per heavy atom. The van der Waals surface area contributed by atoms with Gasteiger partial charge >= 0.3 is 0 Å². The summed E-state index contributed by atoms with van der Waals surface area (Å²) >= 11 is 5.65. The van der Waals surface area contributed by atoms with E-state index in [0.29, 0.717) is 11.7 Å². The Bertz CT molecular complexity index is 359. The minimum absolute atomic E-state index is 0.103. The molecule has 1 aliphatic rings. The number of halogens is 2. The predicted molar refractivity (Wildman–Crippen MR) is 57.6 cm³/mol. The lowest BCUT2D eigenvalue weighted by Crippen LogP contribution is -2.22. The quantitative estimate of drug-likeness (QED) is 0.730. The Kier molecular flexibility index (Phi) is 3.05. The second-order valence-electron chi connectivity index (χ2n) is 3.82. The molecule has 0 aromatic carbocycles. The number of hydrogen-bond acceptors (Lipinski definition) is 3. The molecule has 5 heteroatoms. The Hall–Kier alpha value is -0.900. The van der Waals surface area contributed by atoms with Crippen LogP contribution in [0.2, 0.25) is 5.28 Å². The normalized spacial score (nSPS) is 21.0. The smallest absolute Gasteiger partial charge is 0.224 e. The molecule has 82 valence electrons. The average molecular weight is 230 g/mol. The van der Waals surface area contributed by atoms with Crippen LogP contribution in [0.5, 0.6) is 0 Å². The highest BCUT2D eigenvalue weighted by atomic mass is 35.5. The van der Waals surface area contributed by atoms with Gasteiger partial charge in [0.1, 0.15) is 0 Å². The van der Waals surface area contributed by atoms with Crippen LogP contribution in [0, 0.1) is 11.7 Å². The Morgan fingerprint density at radius 1 is 1.67 bits per heavy atom. The first-order valence-corrected chi connectivity index (χ1v) is 5.51. The topological polar surface area (TPSA) is 29.0 Å². The van der Waals surface area contributed by atoms with E-state index in [0.717, 1.165) is 32.1 Å². The molecule has 0 saturated carbocycles. The van der Waals surface area contributed by atoms with E-state index in [1.807, 2.05) is 4.90 Å². The Balaban J connectivity index is 2.19. The van der Waals surface area contributed by atoms with E-state index >= 15 is 0 Å². The van der Waals surface area contributed by atoms with Crippen LogP contribution >= 0.6 is 11.6 Å². The minimum atomic E-state index is -0.392. The molecular formula is C10H13ClFN3. The van der Waals surface area contributed by atoms with E-state index in [9.17, 15) is 4.39 Å². The minimum Gasteiger partial charge on any atom is -0.354 e. The van der Waals surface area contributed by atoms with E-state index in [1.165, 1.54) is 0 Å². The number of aromatic nitrogens is 2. The molecule has 1 aromatic heterocycles. The molecule has 1 fully saturated rings. The Morgan fingerprint density at radius 3 is 3.13 bits per heavy atom. The molecular weight excluding hydrogens is 217 g/mol. The molecule has 0 radical (unpaired) electrons. The van der Waals surface area contributed by atoms with Crippen LogP contribution < -0.4 is 4.90 Å². The molecule has 0 amide bonds. The van der Waals surface area contributed by atoms with E-state index < -0.39 is 5.82 Å². The van der Waals surface area contributed by atoms with Crippen molar-refractivity contribution in [2.24, 2.45) is 5.92 Å². The molecule has 0 bridgehead atoms. The van der Waals surface area contributed by atoms with Gasteiger partial charge in [0.2, 0.25) is 5.28 Å². The summed E-state index contributed by atoms with van der Waals surface area (Å²) in [5, 5.41) is 0.103. The summed E-state index contributed by atoms with van der Waals surface area (Å²) in [6.07, 6.45) is 3.35. The third-order valence-corrected chi connectivity index (χ3v) is 3.04. The standard InChI is InChI=1S/C10H13ClFN3/c1-2-7-3-4-15(6-7)9-8(12)5-13-10(11)14-9/h5,7H,2-4,6H2,1H3. The monoisotopic (exact) mass is 229 g/mol. The zero-order valence-electron chi connectivity index (χ0n) is 8.58. The average Bonchev–Trinajstić information content (AvgIpc) is 2.70. The number of rotatable bonds is 2. The summed E-state index contributed by atoms with van der Waals surface area (Å²) in [4.78, 5) is 9.47. The van der Waals surface area contributed by atoms with Crippen molar-refractivity contribution < 1.29 is 4.39 Å². The fourth-order valence-corrected chi connectivity index (χ4v) is 2.05. The van der Waals surface area contributed by atoms with Crippen molar-refractivity contribution in [3.63, 3.8) is 0 Å². The molecule has 0 aliphatic carbocycles. The van der Waals surface area contributed by atoms with Crippen LogP contribution in [-0.2, 0) is 0 Å². The van der Waals surface area contributed by atoms with Crippen molar-refractivity contribution in [1.29, 1.82) is 0 Å². The zero-order chi connectivity index (χ0) is 10.8. The lowest BCUT2D eigenvalue weighted by molar-refractivity contribution is 0.565. The van der Waals surface area contributed by atoms with Crippen molar-refractivity contribution >= 4 is 17.4 Å². The van der Waals surface area contributed by atoms with Crippen LogP contribution in [0.3, 0.4) is 0 Å². The number of nitrogens with zero attached hydrogens (tertiary/aromatic N) is 3. The summed E-state index contributed by atoms with van der Waals surface area (Å²) in [6.45, 7) is 3.86. The number of anilines is 1. The van der Waals surface area contributed by atoms with Gasteiger partial charge in [-0.15, -0.1) is 0 Å². The van der Waals surface area contributed by atoms with Crippen LogP contribution in [0.15, 0.2) is 6.20 Å². The molecule has 1 atom stereocenters. The van der Waals surface area contributed by atoms with Gasteiger partial charge in [0.15, 0.2) is 11.6 Å². The third-order valence-electron chi connectivity index (χ3n) is 2.86. The molecule has 0 spiro atoms. The summed E-state index contributed by atoms with van der Waals surface area (Å²) < 4.78 is 13.4. The molecule has 3 nitrogen and oxygen atoms in total. The lowest BCUT2D eigenvalue weighted by atomic mass is 10.1. The molecule has 2 heterocycles. The van der Waals surface area contributed by atoms with Crippen molar-refractivity contribution in [2.45, 2.75) is 19.8 Å². The van der Waals surface area contributed by atoms with Gasteiger partial charge in [-0.1, -0.05) is 13.3 Å². The molecule has 2 rings (SSSR count). The summed E-state index contributed by atoms with van der Waals surface area (Å²) in [6, 6.07) is 0. The van der Waals surface area contributed by atoms with Gasteiger partial charge in [0.05, 0.1) is 6.20 Å². The van der Waals surface area contributed by atoms with E-state index in [-0.39, 0.29) is 5.28 Å². The summed E-state index contributed by atoms with van der Waals surface area (Å²) in [5.74, 6) is 0.584. The van der Waals surface area contributed by atoms with Gasteiger partial charge in [-0.25, -0.2) is 9.37 Å². The predicted octanol–water partition coefficient (Wildman–Crippen LogP) is 2.51. The van der Waals surface area contributed by atoms with Crippen LogP contribution in [0.25, 0.3) is 0 Å². The van der Waals surface area contributed by atoms with Crippen molar-refractivity contribution in [3.05, 3.63) is 17.3 Å². The molecule has 1 aromatic rings. The van der Waals surface area contributed by atoms with Gasteiger partial charge in [-0.05, 0) is 23.9 Å². The fourth-order valence-electron chi connectivity index (χ4n) is 1.92. The second-order valence-corrected chi connectivity index (χ2v) is 4.16. The highest BCUT2D eigenvalue weighted by Gasteiger charge is 2.24. The zero-order valence-corrected chi connectivity index (χ0v) is 9.34. The number of hydrogen-bond donors (Lipinski definition) is 0. The highest BCUT2D eigenvalue weighted by molar-refractivity contribution is 6.28. The van der Waals surface area contributed by atoms with Gasteiger partial charge in [-0.3, -0.25) is 0 Å². The first kappa shape index (κ1) is 10.6. The van der Waals surface area contributed by atoms with Gasteiger partial charge in [0.25, 0.3) is 0 Å². The summed E-state index contributed by atoms with van der Waals surface area (Å²) in [7, 11) is 0. The maximum atomic E-state index is 13.4. The summed E-state index contributed by atoms with van der Waals surface area (Å²) in [5.41, 5.74) is 0. The maximum absolute atomic E-state index is 13.4. The lowest BCUT2D eigenvalue weighted by Gasteiger charge is -2.17. The SMILES string of the molecule is CCC1CCN(c2nc(Cl)ncc2F)C1. The molecule has 15 heavy (non-hydrogen) atoms. The first-order chi connectivity index (χ1) is 7.20. The van der Waals surface area contributed by atoms with Crippen LogP contribution in [-0.4, -0.2) is 23.1 Å². The van der Waals surface area contributed by atoms with Crippen molar-refractivity contribution in [3.8, 4) is 0 Å². The van der Waals surface area contributed by atoms with Crippen molar-refractivity contribution in [1.82, 2.24) is 9.97 Å². The molecule has 1 unspecified atom stereocenters. The maximum Gasteiger partial charge on any atom is 0.224 e. The van der Waals surface area contributed by atoms with Gasteiger partial charge in [-0.2, -0.15) is 4.98 Å². The fraction of sp³-hybridized carbons (Fsp3) is 0.600. The van der Waals surface area contributed by atoms with Crippen LogP contribution in [0.4, 0.5) is 10.2 Å². The molecule has 1 saturated heterocycles. The second kappa shape index (κ2) is 4.31. The van der Waals surface area contributed by atoms with Crippen molar-refractivity contribution in [2.75, 3.05) is 18.0 Å². The third kappa shape index (κ3) is 2.20.